The normalized spacial score (nSPS) is 22.2. The number of amides is 4. The zero-order valence-corrected chi connectivity index (χ0v) is 36.7. The summed E-state index contributed by atoms with van der Waals surface area (Å²) in [6, 6.07) is 20.1. The van der Waals surface area contributed by atoms with Crippen molar-refractivity contribution in [1.29, 1.82) is 0 Å². The average Bonchev–Trinajstić information content (AvgIpc) is 3.81. The fourth-order valence-corrected chi connectivity index (χ4v) is 10.3. The molecular formula is C49H58N8O6. The lowest BCUT2D eigenvalue weighted by Gasteiger charge is -2.29. The van der Waals surface area contributed by atoms with E-state index in [1.165, 1.54) is 42.2 Å². The van der Waals surface area contributed by atoms with Crippen LogP contribution in [0.5, 0.6) is 0 Å². The van der Waals surface area contributed by atoms with E-state index in [0.29, 0.717) is 24.8 Å². The molecule has 9 rings (SSSR count). The van der Waals surface area contributed by atoms with E-state index in [9.17, 15) is 24.3 Å². The van der Waals surface area contributed by atoms with Crippen molar-refractivity contribution in [2.45, 2.75) is 115 Å². The highest BCUT2D eigenvalue weighted by atomic mass is 16.5. The van der Waals surface area contributed by atoms with Gasteiger partial charge in [-0.05, 0) is 121 Å². The molecule has 3 fully saturated rings. The lowest BCUT2D eigenvalue weighted by Crippen LogP contribution is -2.51. The maximum Gasteiger partial charge on any atom is 0.407 e. The number of carbonyl (C=O) groups is 4. The average molecular weight is 855 g/mol. The third kappa shape index (κ3) is 8.27. The highest BCUT2D eigenvalue weighted by Crippen LogP contribution is 2.51. The summed E-state index contributed by atoms with van der Waals surface area (Å²) in [6.45, 7) is 8.67. The molecule has 330 valence electrons. The topological polar surface area (TPSA) is 186 Å². The van der Waals surface area contributed by atoms with E-state index in [0.717, 1.165) is 65.6 Å². The van der Waals surface area contributed by atoms with Gasteiger partial charge in [-0.3, -0.25) is 9.59 Å². The van der Waals surface area contributed by atoms with Crippen LogP contribution >= 0.6 is 0 Å². The number of alkyl carbamates (subject to hydrolysis) is 1. The predicted molar refractivity (Wildman–Crippen MR) is 240 cm³/mol. The maximum atomic E-state index is 13.9. The second-order valence-electron chi connectivity index (χ2n) is 18.6. The van der Waals surface area contributed by atoms with Crippen molar-refractivity contribution in [1.82, 2.24) is 40.4 Å². The molecule has 63 heavy (non-hydrogen) atoms. The number of imidazole rings is 2. The summed E-state index contributed by atoms with van der Waals surface area (Å²) in [6.07, 6.45) is 7.05. The van der Waals surface area contributed by atoms with E-state index in [1.54, 1.807) is 4.90 Å². The lowest BCUT2D eigenvalue weighted by atomic mass is 9.78. The van der Waals surface area contributed by atoms with Crippen molar-refractivity contribution >= 4 is 51.6 Å². The van der Waals surface area contributed by atoms with Crippen LogP contribution in [0.2, 0.25) is 0 Å². The first kappa shape index (κ1) is 42.1. The first-order chi connectivity index (χ1) is 30.4. The number of ether oxygens (including phenoxy) is 1. The number of hydrogen-bond acceptors (Lipinski definition) is 7. The lowest BCUT2D eigenvalue weighted by molar-refractivity contribution is -0.136. The number of carbonyl (C=O) groups excluding carboxylic acids is 3. The van der Waals surface area contributed by atoms with Crippen LogP contribution in [0, 0.1) is 11.8 Å². The minimum atomic E-state index is -1.21. The van der Waals surface area contributed by atoms with E-state index in [-0.39, 0.29) is 47.6 Å². The van der Waals surface area contributed by atoms with Crippen molar-refractivity contribution in [2.24, 2.45) is 11.8 Å². The maximum absolute atomic E-state index is 13.9. The third-order valence-corrected chi connectivity index (χ3v) is 13.8. The zero-order valence-electron chi connectivity index (χ0n) is 36.7. The van der Waals surface area contributed by atoms with Gasteiger partial charge < -0.3 is 40.2 Å². The fourth-order valence-electron chi connectivity index (χ4n) is 10.3. The summed E-state index contributed by atoms with van der Waals surface area (Å²) < 4.78 is 4.83. The molecule has 2 saturated heterocycles. The largest absolute Gasteiger partial charge is 0.465 e. The van der Waals surface area contributed by atoms with Gasteiger partial charge in [0.15, 0.2) is 0 Å². The smallest absolute Gasteiger partial charge is 0.407 e. The van der Waals surface area contributed by atoms with Crippen LogP contribution < -0.4 is 10.6 Å². The molecule has 4 aliphatic rings. The number of carboxylic acid groups (broad SMARTS) is 1. The number of fused-ring (bicyclic) bond motifs is 2. The second-order valence-corrected chi connectivity index (χ2v) is 18.6. The number of benzene rings is 3. The molecule has 2 aliphatic heterocycles. The number of aromatic amines is 2. The van der Waals surface area contributed by atoms with Crippen LogP contribution in [0.15, 0.2) is 66.7 Å². The van der Waals surface area contributed by atoms with Crippen LogP contribution in [0.1, 0.15) is 136 Å². The molecule has 5 N–H and O–H groups in total. The van der Waals surface area contributed by atoms with Crippen molar-refractivity contribution in [3.63, 3.8) is 0 Å². The highest BCUT2D eigenvalue weighted by Gasteiger charge is 2.40. The van der Waals surface area contributed by atoms with E-state index in [4.69, 9.17) is 14.7 Å². The van der Waals surface area contributed by atoms with Gasteiger partial charge in [-0.25, -0.2) is 19.6 Å². The molecule has 14 heteroatoms. The molecule has 2 aliphatic carbocycles. The van der Waals surface area contributed by atoms with E-state index in [2.05, 4.69) is 87.3 Å². The number of allylic oxidation sites excluding steroid dienone is 2. The van der Waals surface area contributed by atoms with Crippen LogP contribution in [0.3, 0.4) is 0 Å². The summed E-state index contributed by atoms with van der Waals surface area (Å²) in [5, 5.41) is 14.6. The Morgan fingerprint density at radius 2 is 1.25 bits per heavy atom. The zero-order chi connectivity index (χ0) is 44.1. The number of rotatable bonds is 12. The molecule has 14 nitrogen and oxygen atoms in total. The molecule has 3 aromatic carbocycles. The van der Waals surface area contributed by atoms with Gasteiger partial charge in [0.1, 0.15) is 23.7 Å². The van der Waals surface area contributed by atoms with Crippen LogP contribution in [-0.4, -0.2) is 91.1 Å². The van der Waals surface area contributed by atoms with Crippen molar-refractivity contribution in [2.75, 3.05) is 20.2 Å². The van der Waals surface area contributed by atoms with Gasteiger partial charge in [0.05, 0.1) is 41.3 Å². The Hall–Kier alpha value is -6.18. The molecule has 0 bridgehead atoms. The van der Waals surface area contributed by atoms with Gasteiger partial charge in [-0.15, -0.1) is 0 Å². The minimum absolute atomic E-state index is 0.0776. The van der Waals surface area contributed by atoms with Crippen LogP contribution in [0.4, 0.5) is 9.59 Å². The van der Waals surface area contributed by atoms with Crippen LogP contribution in [-0.2, 0) is 14.3 Å². The number of nitrogens with zero attached hydrogens (tertiary/aromatic N) is 4. The summed E-state index contributed by atoms with van der Waals surface area (Å²) in [4.78, 5) is 72.1. The van der Waals surface area contributed by atoms with Gasteiger partial charge in [0.2, 0.25) is 11.8 Å². The van der Waals surface area contributed by atoms with Gasteiger partial charge in [-0.1, -0.05) is 70.2 Å². The van der Waals surface area contributed by atoms with E-state index < -0.39 is 24.3 Å². The molecule has 6 atom stereocenters. The van der Waals surface area contributed by atoms with Gasteiger partial charge in [0.25, 0.3) is 0 Å². The SMILES string of the molecule is COC(=O)NC(C(=O)N1CCC[C@H]1c1nc2ccc(C3CC=C(c4ccc5nc(C6CCCN6C(=O)[C@@H](NC(=O)O)C(C)C)[nH]c5c4)C3c3ccc(C4CC4)cc3)cc2[nH]1)C(C)C. The van der Waals surface area contributed by atoms with Crippen LogP contribution in [0.25, 0.3) is 27.6 Å². The van der Waals surface area contributed by atoms with E-state index in [1.807, 2.05) is 32.6 Å². The molecule has 5 aromatic rings. The summed E-state index contributed by atoms with van der Waals surface area (Å²) >= 11 is 0. The van der Waals surface area contributed by atoms with E-state index >= 15 is 0 Å². The molecule has 1 saturated carbocycles. The molecule has 2 aromatic heterocycles. The standard InChI is InChI=1S/C49H58N8O6/c1-26(2)42(54-48(60)61)46(58)56-22-6-8-39(56)44-50-35-20-16-31(24-37(35)52-44)33-18-19-34(41(33)30-14-12-29(13-15-30)28-10-11-28)32-17-21-36-38(25-32)53-45(51-36)40-9-7-23-57(40)47(59)43(27(3)4)55-49(62)63-5/h12-18,20-21,24-28,34,39-43,54H,6-11,19,22-23H2,1-5H3,(H,50,52)(H,51,53)(H,55,62)(H,60,61)/t34?,39?,40-,41?,42-,43?/m0/s1. The Balaban J connectivity index is 1.00. The van der Waals surface area contributed by atoms with Gasteiger partial charge >= 0.3 is 12.2 Å². The highest BCUT2D eigenvalue weighted by molar-refractivity contribution is 5.88. The fraction of sp³-hybridized carbons (Fsp3) is 0.469. The molecule has 4 heterocycles. The Morgan fingerprint density at radius 1 is 0.714 bits per heavy atom. The number of likely N-dealkylation sites (tertiary alicyclic amines) is 2. The number of H-pyrrole nitrogens is 2. The summed E-state index contributed by atoms with van der Waals surface area (Å²) in [7, 11) is 1.30. The second kappa shape index (κ2) is 17.2. The Bertz CT molecular complexity index is 2570. The van der Waals surface area contributed by atoms with Crippen molar-refractivity contribution in [3.05, 3.63) is 101 Å². The number of aromatic nitrogens is 4. The molecule has 0 radical (unpaired) electrons. The summed E-state index contributed by atoms with van der Waals surface area (Å²) in [5.41, 5.74) is 9.71. The molecule has 4 unspecified atom stereocenters. The molecular weight excluding hydrogens is 797 g/mol. The van der Waals surface area contributed by atoms with Gasteiger partial charge in [0, 0.05) is 19.0 Å². The first-order valence-corrected chi connectivity index (χ1v) is 22.6. The quantitative estimate of drug-likeness (QED) is 0.0825. The van der Waals surface area contributed by atoms with Crippen molar-refractivity contribution in [3.8, 4) is 0 Å². The summed E-state index contributed by atoms with van der Waals surface area (Å²) in [5.74, 6) is 1.68. The number of methoxy groups -OCH3 is 1. The molecule has 4 amide bonds. The monoisotopic (exact) mass is 854 g/mol. The molecule has 0 spiro atoms. The minimum Gasteiger partial charge on any atom is -0.465 e. The van der Waals surface area contributed by atoms with Crippen molar-refractivity contribution < 1.29 is 29.0 Å². The van der Waals surface area contributed by atoms with Gasteiger partial charge in [-0.2, -0.15) is 0 Å². The Morgan fingerprint density at radius 3 is 1.81 bits per heavy atom. The Labute approximate surface area is 367 Å². The predicted octanol–water partition coefficient (Wildman–Crippen LogP) is 8.67. The first-order valence-electron chi connectivity index (χ1n) is 22.6. The number of hydrogen-bond donors (Lipinski definition) is 5. The number of nitrogens with one attached hydrogen (secondary N) is 4. The third-order valence-electron chi connectivity index (χ3n) is 13.8. The Kier molecular flexibility index (Phi) is 11.5.